The topological polar surface area (TPSA) is 75.9 Å². The number of nitrogens with zero attached hydrogens (tertiary/aromatic N) is 5. The van der Waals surface area contributed by atoms with Gasteiger partial charge in [0.15, 0.2) is 10.9 Å². The highest BCUT2D eigenvalue weighted by Crippen LogP contribution is 2.21. The molecule has 1 amide bonds. The molecule has 0 radical (unpaired) electrons. The molecule has 0 bridgehead atoms. The van der Waals surface area contributed by atoms with Gasteiger partial charge in [-0.1, -0.05) is 6.92 Å². The number of pyridine rings is 1. The van der Waals surface area contributed by atoms with Gasteiger partial charge >= 0.3 is 0 Å². The van der Waals surface area contributed by atoms with Gasteiger partial charge in [0.2, 0.25) is 0 Å². The number of thiazole rings is 1. The van der Waals surface area contributed by atoms with Crippen molar-refractivity contribution in [1.29, 1.82) is 0 Å². The van der Waals surface area contributed by atoms with Gasteiger partial charge in [0, 0.05) is 37.1 Å². The van der Waals surface area contributed by atoms with E-state index >= 15 is 0 Å². The summed E-state index contributed by atoms with van der Waals surface area (Å²) in [5.74, 6) is 1.21. The van der Waals surface area contributed by atoms with Crippen LogP contribution in [0.5, 0.6) is 0 Å². The minimum Gasteiger partial charge on any atom is -0.298 e. The summed E-state index contributed by atoms with van der Waals surface area (Å²) >= 11 is 1.46. The normalized spacial score (nSPS) is 17.7. The van der Waals surface area contributed by atoms with Crippen molar-refractivity contribution in [3.05, 3.63) is 53.4 Å². The van der Waals surface area contributed by atoms with Gasteiger partial charge in [-0.3, -0.25) is 15.0 Å². The van der Waals surface area contributed by atoms with Crippen LogP contribution in [0.2, 0.25) is 0 Å². The van der Waals surface area contributed by atoms with Gasteiger partial charge in [-0.2, -0.15) is 5.10 Å². The van der Waals surface area contributed by atoms with E-state index in [-0.39, 0.29) is 5.91 Å². The van der Waals surface area contributed by atoms with Crippen LogP contribution < -0.4 is 5.32 Å². The fraction of sp³-hybridized carbons (Fsp3) is 0.368. The Morgan fingerprint density at radius 2 is 2.33 bits per heavy atom. The summed E-state index contributed by atoms with van der Waals surface area (Å²) in [4.78, 5) is 23.7. The number of aromatic nitrogens is 4. The van der Waals surface area contributed by atoms with E-state index in [1.54, 1.807) is 29.2 Å². The Bertz CT molecular complexity index is 889. The van der Waals surface area contributed by atoms with E-state index < -0.39 is 0 Å². The quantitative estimate of drug-likeness (QED) is 0.733. The first-order chi connectivity index (χ1) is 13.2. The lowest BCUT2D eigenvalue weighted by atomic mass is 10.0. The summed E-state index contributed by atoms with van der Waals surface area (Å²) < 4.78 is 1.65. The molecule has 1 atom stereocenters. The molecule has 7 nitrogen and oxygen atoms in total. The van der Waals surface area contributed by atoms with Crippen molar-refractivity contribution < 1.29 is 4.79 Å². The highest BCUT2D eigenvalue weighted by atomic mass is 32.1. The minimum absolute atomic E-state index is 0.206. The number of rotatable bonds is 5. The lowest BCUT2D eigenvalue weighted by Gasteiger charge is -2.30. The predicted octanol–water partition coefficient (Wildman–Crippen LogP) is 3.21. The molecular weight excluding hydrogens is 360 g/mol. The van der Waals surface area contributed by atoms with Crippen LogP contribution in [0.3, 0.4) is 0 Å². The van der Waals surface area contributed by atoms with Crippen LogP contribution in [0.1, 0.15) is 35.8 Å². The summed E-state index contributed by atoms with van der Waals surface area (Å²) in [5, 5.41) is 9.63. The predicted molar refractivity (Wildman–Crippen MR) is 105 cm³/mol. The number of nitrogens with one attached hydrogen (secondary N) is 1. The van der Waals surface area contributed by atoms with Crippen LogP contribution in [-0.4, -0.2) is 43.6 Å². The first kappa shape index (κ1) is 17.8. The van der Waals surface area contributed by atoms with Crippen molar-refractivity contribution in [2.45, 2.75) is 26.3 Å². The Morgan fingerprint density at radius 1 is 1.41 bits per heavy atom. The van der Waals surface area contributed by atoms with Gasteiger partial charge in [0.05, 0.1) is 11.3 Å². The molecule has 0 saturated carbocycles. The van der Waals surface area contributed by atoms with Crippen molar-refractivity contribution in [2.75, 3.05) is 18.4 Å². The number of amides is 1. The van der Waals surface area contributed by atoms with Crippen LogP contribution in [0.4, 0.5) is 5.13 Å². The maximum atomic E-state index is 12.4. The molecular formula is C19H22N6OS. The van der Waals surface area contributed by atoms with Crippen molar-refractivity contribution in [1.82, 2.24) is 24.6 Å². The van der Waals surface area contributed by atoms with E-state index in [9.17, 15) is 4.79 Å². The zero-order valence-electron chi connectivity index (χ0n) is 15.2. The maximum absolute atomic E-state index is 12.4. The molecule has 8 heteroatoms. The zero-order chi connectivity index (χ0) is 18.6. The SMILES string of the molecule is C[C@@H]1CCCN(Cc2csc(NC(=O)c3ccc(-n4cccn4)nc3)n2)C1. The number of anilines is 1. The largest absolute Gasteiger partial charge is 0.298 e. The molecule has 1 aliphatic rings. The standard InChI is InChI=1S/C19H22N6OS/c1-14-4-2-8-24(11-14)12-16-13-27-19(22-16)23-18(26)15-5-6-17(20-10-15)25-9-3-7-21-25/h3,5-7,9-10,13-14H,2,4,8,11-12H2,1H3,(H,22,23,26)/t14-/m1/s1. The summed E-state index contributed by atoms with van der Waals surface area (Å²) in [5.41, 5.74) is 1.50. The zero-order valence-corrected chi connectivity index (χ0v) is 16.0. The average molecular weight is 382 g/mol. The fourth-order valence-corrected chi connectivity index (χ4v) is 4.02. The van der Waals surface area contributed by atoms with Crippen molar-refractivity contribution in [2.24, 2.45) is 5.92 Å². The Morgan fingerprint density at radius 3 is 3.07 bits per heavy atom. The molecule has 1 aliphatic heterocycles. The first-order valence-corrected chi connectivity index (χ1v) is 9.99. The van der Waals surface area contributed by atoms with Gasteiger partial charge in [0.1, 0.15) is 0 Å². The molecule has 1 fully saturated rings. The average Bonchev–Trinajstić information content (AvgIpc) is 3.34. The van der Waals surface area contributed by atoms with Gasteiger partial charge in [-0.15, -0.1) is 11.3 Å². The summed E-state index contributed by atoms with van der Waals surface area (Å²) in [6.45, 7) is 5.38. The Labute approximate surface area is 162 Å². The number of piperidine rings is 1. The first-order valence-electron chi connectivity index (χ1n) is 9.11. The van der Waals surface area contributed by atoms with Crippen LogP contribution in [0, 0.1) is 5.92 Å². The molecule has 3 aromatic rings. The van der Waals surface area contributed by atoms with Crippen molar-refractivity contribution >= 4 is 22.4 Å². The van der Waals surface area contributed by atoms with Crippen molar-refractivity contribution in [3.63, 3.8) is 0 Å². The van der Waals surface area contributed by atoms with E-state index in [4.69, 9.17) is 0 Å². The summed E-state index contributed by atoms with van der Waals surface area (Å²) in [6, 6.07) is 5.34. The Hall–Kier alpha value is -2.58. The van der Waals surface area contributed by atoms with E-state index in [2.05, 4.69) is 32.2 Å². The Kier molecular flexibility index (Phi) is 5.26. The maximum Gasteiger partial charge on any atom is 0.259 e. The van der Waals surface area contributed by atoms with E-state index in [0.717, 1.165) is 31.2 Å². The van der Waals surface area contributed by atoms with E-state index in [0.29, 0.717) is 16.5 Å². The molecule has 27 heavy (non-hydrogen) atoms. The van der Waals surface area contributed by atoms with E-state index in [1.165, 1.54) is 24.2 Å². The van der Waals surface area contributed by atoms with Crippen LogP contribution in [0.15, 0.2) is 42.2 Å². The molecule has 0 aromatic carbocycles. The fourth-order valence-electron chi connectivity index (χ4n) is 3.33. The number of carbonyl (C=O) groups is 1. The number of likely N-dealkylation sites (tertiary alicyclic amines) is 1. The molecule has 3 aromatic heterocycles. The van der Waals surface area contributed by atoms with Gasteiger partial charge < -0.3 is 0 Å². The molecule has 0 unspecified atom stereocenters. The number of hydrogen-bond acceptors (Lipinski definition) is 6. The minimum atomic E-state index is -0.206. The smallest absolute Gasteiger partial charge is 0.259 e. The second kappa shape index (κ2) is 7.98. The molecule has 1 N–H and O–H groups in total. The van der Waals surface area contributed by atoms with Gasteiger partial charge in [-0.05, 0) is 43.5 Å². The third-order valence-electron chi connectivity index (χ3n) is 4.65. The number of hydrogen-bond donors (Lipinski definition) is 1. The summed E-state index contributed by atoms with van der Waals surface area (Å²) in [7, 11) is 0. The third kappa shape index (κ3) is 4.40. The second-order valence-electron chi connectivity index (χ2n) is 6.94. The molecule has 0 spiro atoms. The monoisotopic (exact) mass is 382 g/mol. The molecule has 4 rings (SSSR count). The molecule has 1 saturated heterocycles. The third-order valence-corrected chi connectivity index (χ3v) is 5.45. The molecule has 4 heterocycles. The van der Waals surface area contributed by atoms with E-state index in [1.807, 2.05) is 17.6 Å². The molecule has 140 valence electrons. The highest BCUT2D eigenvalue weighted by molar-refractivity contribution is 7.13. The highest BCUT2D eigenvalue weighted by Gasteiger charge is 2.18. The van der Waals surface area contributed by atoms with Crippen LogP contribution in [-0.2, 0) is 6.54 Å². The lowest BCUT2D eigenvalue weighted by molar-refractivity contribution is 0.102. The number of carbonyl (C=O) groups excluding carboxylic acids is 1. The van der Waals surface area contributed by atoms with Gasteiger partial charge in [-0.25, -0.2) is 14.6 Å². The Balaban J connectivity index is 1.36. The van der Waals surface area contributed by atoms with Crippen LogP contribution in [0.25, 0.3) is 5.82 Å². The second-order valence-corrected chi connectivity index (χ2v) is 7.79. The van der Waals surface area contributed by atoms with Crippen LogP contribution >= 0.6 is 11.3 Å². The lowest BCUT2D eigenvalue weighted by Crippen LogP contribution is -2.33. The van der Waals surface area contributed by atoms with Gasteiger partial charge in [0.25, 0.3) is 5.91 Å². The summed E-state index contributed by atoms with van der Waals surface area (Å²) in [6.07, 6.45) is 7.60. The van der Waals surface area contributed by atoms with Crippen molar-refractivity contribution in [3.8, 4) is 5.82 Å². The molecule has 0 aliphatic carbocycles.